The van der Waals surface area contributed by atoms with Crippen molar-refractivity contribution in [1.29, 1.82) is 0 Å². The number of anilines is 1. The highest BCUT2D eigenvalue weighted by Crippen LogP contribution is 2.28. The van der Waals surface area contributed by atoms with Crippen molar-refractivity contribution in [2.75, 3.05) is 11.5 Å². The summed E-state index contributed by atoms with van der Waals surface area (Å²) in [5.74, 6) is 5.06. The van der Waals surface area contributed by atoms with Gasteiger partial charge >= 0.3 is 0 Å². The van der Waals surface area contributed by atoms with E-state index < -0.39 is 0 Å². The average Bonchev–Trinajstić information content (AvgIpc) is 2.36. The molecule has 1 fully saturated rings. The molecule has 0 bridgehead atoms. The lowest BCUT2D eigenvalue weighted by molar-refractivity contribution is -0.130. The lowest BCUT2D eigenvalue weighted by Gasteiger charge is -2.29. The largest absolute Gasteiger partial charge is 0.384 e. The maximum Gasteiger partial charge on any atom is 0.234 e. The van der Waals surface area contributed by atoms with Crippen LogP contribution in [0.3, 0.4) is 0 Å². The molecular formula is C16H17NO3. The molecule has 1 aromatic rings. The molecule has 2 rings (SSSR count). The van der Waals surface area contributed by atoms with E-state index in [2.05, 4.69) is 11.8 Å². The minimum Gasteiger partial charge on any atom is -0.384 e. The molecule has 1 saturated heterocycles. The van der Waals surface area contributed by atoms with E-state index in [4.69, 9.17) is 5.11 Å². The van der Waals surface area contributed by atoms with E-state index in [9.17, 15) is 9.59 Å². The van der Waals surface area contributed by atoms with Gasteiger partial charge in [0.05, 0.1) is 5.69 Å². The van der Waals surface area contributed by atoms with Gasteiger partial charge in [0.15, 0.2) is 0 Å². The van der Waals surface area contributed by atoms with E-state index in [-0.39, 0.29) is 24.3 Å². The molecule has 1 aliphatic rings. The summed E-state index contributed by atoms with van der Waals surface area (Å²) in [6.07, 6.45) is 0.735. The molecule has 0 atom stereocenters. The first-order valence-corrected chi connectivity index (χ1v) is 6.59. The van der Waals surface area contributed by atoms with E-state index in [1.807, 2.05) is 19.9 Å². The van der Waals surface area contributed by atoms with Crippen molar-refractivity contribution in [2.45, 2.75) is 26.7 Å². The van der Waals surface area contributed by atoms with Gasteiger partial charge < -0.3 is 5.11 Å². The van der Waals surface area contributed by atoms with E-state index in [1.54, 1.807) is 12.1 Å². The van der Waals surface area contributed by atoms with E-state index in [0.717, 1.165) is 5.56 Å². The van der Waals surface area contributed by atoms with Crippen molar-refractivity contribution in [3.05, 3.63) is 29.3 Å². The molecule has 0 aliphatic carbocycles. The minimum atomic E-state index is -0.258. The number of aliphatic hydroxyl groups excluding tert-OH is 1. The van der Waals surface area contributed by atoms with Crippen LogP contribution in [0.1, 0.15) is 30.9 Å². The highest BCUT2D eigenvalue weighted by Gasteiger charge is 2.32. The summed E-state index contributed by atoms with van der Waals surface area (Å²) in [6, 6.07) is 5.42. The normalized spacial score (nSPS) is 16.1. The Bertz CT molecular complexity index is 592. The third kappa shape index (κ3) is 2.89. The van der Waals surface area contributed by atoms with Crippen molar-refractivity contribution < 1.29 is 14.7 Å². The van der Waals surface area contributed by atoms with Crippen LogP contribution >= 0.6 is 0 Å². The first-order chi connectivity index (χ1) is 9.52. The van der Waals surface area contributed by atoms with Gasteiger partial charge in [-0.15, -0.1) is 0 Å². The number of rotatable bonds is 1. The third-order valence-electron chi connectivity index (χ3n) is 3.24. The van der Waals surface area contributed by atoms with Gasteiger partial charge in [-0.25, -0.2) is 4.90 Å². The van der Waals surface area contributed by atoms with Crippen molar-refractivity contribution in [3.63, 3.8) is 0 Å². The van der Waals surface area contributed by atoms with Gasteiger partial charge in [0, 0.05) is 18.4 Å². The summed E-state index contributed by atoms with van der Waals surface area (Å²) < 4.78 is 0. The predicted molar refractivity (Wildman–Crippen MR) is 76.0 cm³/mol. The molecule has 20 heavy (non-hydrogen) atoms. The number of carbonyl (C=O) groups excluding carboxylic acids is 2. The maximum absolute atomic E-state index is 12.2. The van der Waals surface area contributed by atoms with Gasteiger partial charge in [0.25, 0.3) is 0 Å². The SMILES string of the molecule is Cc1ccc(C#CCO)c(N2C(=O)CC(C)CC2=O)c1. The van der Waals surface area contributed by atoms with Crippen LogP contribution in [-0.2, 0) is 9.59 Å². The topological polar surface area (TPSA) is 57.6 Å². The second-order valence-electron chi connectivity index (χ2n) is 5.12. The summed E-state index contributed by atoms with van der Waals surface area (Å²) in [4.78, 5) is 25.6. The molecule has 0 aromatic heterocycles. The molecule has 1 N–H and O–H groups in total. The number of aliphatic hydroxyl groups is 1. The lowest BCUT2D eigenvalue weighted by atomic mass is 9.96. The smallest absolute Gasteiger partial charge is 0.234 e. The summed E-state index contributed by atoms with van der Waals surface area (Å²) in [5, 5.41) is 8.80. The zero-order valence-corrected chi connectivity index (χ0v) is 11.6. The zero-order valence-electron chi connectivity index (χ0n) is 11.6. The van der Waals surface area contributed by atoms with E-state index in [0.29, 0.717) is 24.1 Å². The Morgan fingerprint density at radius 2 is 1.95 bits per heavy atom. The van der Waals surface area contributed by atoms with Crippen molar-refractivity contribution >= 4 is 17.5 Å². The number of piperidine rings is 1. The van der Waals surface area contributed by atoms with Gasteiger partial charge in [-0.2, -0.15) is 0 Å². The van der Waals surface area contributed by atoms with Crippen LogP contribution in [0.5, 0.6) is 0 Å². The molecule has 2 amide bonds. The number of hydrogen-bond donors (Lipinski definition) is 1. The summed E-state index contributed by atoms with van der Waals surface area (Å²) in [7, 11) is 0. The van der Waals surface area contributed by atoms with Crippen molar-refractivity contribution in [1.82, 2.24) is 0 Å². The Hall–Kier alpha value is -2.12. The number of imide groups is 1. The van der Waals surface area contributed by atoms with Crippen LogP contribution in [0.25, 0.3) is 0 Å². The maximum atomic E-state index is 12.2. The van der Waals surface area contributed by atoms with E-state index in [1.165, 1.54) is 4.90 Å². The Balaban J connectivity index is 2.47. The van der Waals surface area contributed by atoms with Gasteiger partial charge in [-0.05, 0) is 30.5 Å². The monoisotopic (exact) mass is 271 g/mol. The van der Waals surface area contributed by atoms with Crippen LogP contribution in [0.15, 0.2) is 18.2 Å². The van der Waals surface area contributed by atoms with Crippen LogP contribution < -0.4 is 4.90 Å². The second-order valence-corrected chi connectivity index (χ2v) is 5.12. The number of carbonyl (C=O) groups is 2. The number of nitrogens with zero attached hydrogens (tertiary/aromatic N) is 1. The Morgan fingerprint density at radius 3 is 2.55 bits per heavy atom. The van der Waals surface area contributed by atoms with Crippen LogP contribution in [0.2, 0.25) is 0 Å². The quantitative estimate of drug-likeness (QED) is 0.624. The van der Waals surface area contributed by atoms with Crippen LogP contribution in [-0.4, -0.2) is 23.5 Å². The van der Waals surface area contributed by atoms with Gasteiger partial charge in [0.1, 0.15) is 6.61 Å². The molecule has 104 valence electrons. The molecule has 1 aromatic carbocycles. The van der Waals surface area contributed by atoms with Gasteiger partial charge in [0.2, 0.25) is 11.8 Å². The molecule has 1 aliphatic heterocycles. The molecular weight excluding hydrogens is 254 g/mol. The first-order valence-electron chi connectivity index (χ1n) is 6.59. The predicted octanol–water partition coefficient (Wildman–Crippen LogP) is 1.63. The molecule has 0 saturated carbocycles. The second kappa shape index (κ2) is 5.89. The molecule has 0 radical (unpaired) electrons. The zero-order chi connectivity index (χ0) is 14.7. The fourth-order valence-corrected chi connectivity index (χ4v) is 2.33. The van der Waals surface area contributed by atoms with Crippen molar-refractivity contribution in [2.24, 2.45) is 5.92 Å². The molecule has 1 heterocycles. The van der Waals surface area contributed by atoms with E-state index >= 15 is 0 Å². The summed E-state index contributed by atoms with van der Waals surface area (Å²) >= 11 is 0. The van der Waals surface area contributed by atoms with Gasteiger partial charge in [-0.3, -0.25) is 9.59 Å². The van der Waals surface area contributed by atoms with Crippen LogP contribution in [0, 0.1) is 24.7 Å². The molecule has 0 unspecified atom stereocenters. The van der Waals surface area contributed by atoms with Crippen molar-refractivity contribution in [3.8, 4) is 11.8 Å². The lowest BCUT2D eigenvalue weighted by Crippen LogP contribution is -2.43. The molecule has 4 nitrogen and oxygen atoms in total. The number of hydrogen-bond acceptors (Lipinski definition) is 3. The fraction of sp³-hybridized carbons (Fsp3) is 0.375. The number of amides is 2. The highest BCUT2D eigenvalue weighted by atomic mass is 16.2. The highest BCUT2D eigenvalue weighted by molar-refractivity contribution is 6.17. The fourth-order valence-electron chi connectivity index (χ4n) is 2.33. The Kier molecular flexibility index (Phi) is 4.21. The minimum absolute atomic E-state index is 0.0861. The number of benzene rings is 1. The number of aryl methyl sites for hydroxylation is 1. The standard InChI is InChI=1S/C16H17NO3/c1-11-5-6-13(4-3-7-18)14(8-11)17-15(19)9-12(2)10-16(17)20/h5-6,8,12,18H,7,9-10H2,1-2H3. The Morgan fingerprint density at radius 1 is 1.30 bits per heavy atom. The average molecular weight is 271 g/mol. The molecule has 4 heteroatoms. The third-order valence-corrected chi connectivity index (χ3v) is 3.24. The van der Waals surface area contributed by atoms with Gasteiger partial charge in [-0.1, -0.05) is 24.8 Å². The Labute approximate surface area is 118 Å². The summed E-state index contributed by atoms with van der Waals surface area (Å²) in [6.45, 7) is 3.54. The van der Waals surface area contributed by atoms with Crippen LogP contribution in [0.4, 0.5) is 5.69 Å². The first kappa shape index (κ1) is 14.3. The molecule has 0 spiro atoms. The summed E-state index contributed by atoms with van der Waals surface area (Å²) in [5.41, 5.74) is 2.06.